The second kappa shape index (κ2) is 15.6. The lowest BCUT2D eigenvalue weighted by Crippen LogP contribution is -2.43. The van der Waals surface area contributed by atoms with Gasteiger partial charge in [0.25, 0.3) is 0 Å². The van der Waals surface area contributed by atoms with Crippen LogP contribution >= 0.6 is 0 Å². The van der Waals surface area contributed by atoms with Crippen molar-refractivity contribution < 1.29 is 18.8 Å². The molecule has 0 radical (unpaired) electrons. The summed E-state index contributed by atoms with van der Waals surface area (Å²) in [7, 11) is -0.423. The van der Waals surface area contributed by atoms with E-state index in [2.05, 4.69) is 69.8 Å². The van der Waals surface area contributed by atoms with Crippen LogP contribution in [-0.4, -0.2) is 33.3 Å². The average molecular weight is 453 g/mol. The van der Waals surface area contributed by atoms with Crippen molar-refractivity contribution in [2.24, 2.45) is 5.92 Å². The number of rotatable bonds is 16. The monoisotopic (exact) mass is 452 g/mol. The van der Waals surface area contributed by atoms with E-state index in [9.17, 15) is 9.59 Å². The first-order chi connectivity index (χ1) is 14.4. The van der Waals surface area contributed by atoms with Crippen molar-refractivity contribution in [2.45, 2.75) is 117 Å². The maximum atomic E-state index is 12.1. The minimum absolute atomic E-state index is 0.00253. The minimum Gasteiger partial charge on any atom is -0.469 e. The number of unbranched alkanes of at least 4 members (excludes halogenated alkanes) is 3. The van der Waals surface area contributed by atoms with Crippen molar-refractivity contribution in [1.29, 1.82) is 0 Å². The number of ether oxygens (including phenoxy) is 1. The van der Waals surface area contributed by atoms with Crippen molar-refractivity contribution in [3.63, 3.8) is 0 Å². The molecule has 2 atom stereocenters. The lowest BCUT2D eigenvalue weighted by atomic mass is 9.96. The quantitative estimate of drug-likeness (QED) is 0.106. The topological polar surface area (TPSA) is 52.6 Å². The van der Waals surface area contributed by atoms with Crippen LogP contribution in [0.2, 0.25) is 18.1 Å². The first-order valence-electron chi connectivity index (χ1n) is 12.0. The van der Waals surface area contributed by atoms with Crippen LogP contribution in [0, 0.1) is 5.92 Å². The molecule has 0 heterocycles. The van der Waals surface area contributed by atoms with Gasteiger partial charge in [-0.15, -0.1) is 0 Å². The molecule has 0 aromatic heterocycles. The summed E-state index contributed by atoms with van der Waals surface area (Å²) in [5, 5.41) is 0.185. The zero-order valence-electron chi connectivity index (χ0n) is 21.5. The number of hydrogen-bond donors (Lipinski definition) is 0. The number of carbonyl (C=O) groups excluding carboxylic acids is 2. The van der Waals surface area contributed by atoms with Crippen LogP contribution in [0.1, 0.15) is 92.4 Å². The Hall–Kier alpha value is -1.20. The molecule has 0 bridgehead atoms. The van der Waals surface area contributed by atoms with Crippen molar-refractivity contribution in [2.75, 3.05) is 7.11 Å². The van der Waals surface area contributed by atoms with Crippen molar-refractivity contribution >= 4 is 20.1 Å². The number of allylic oxidation sites excluding steroid dienone is 3. The highest BCUT2D eigenvalue weighted by atomic mass is 28.4. The van der Waals surface area contributed by atoms with E-state index >= 15 is 0 Å². The molecule has 180 valence electrons. The summed E-state index contributed by atoms with van der Waals surface area (Å²) in [6.07, 6.45) is 16.8. The second-order valence-corrected chi connectivity index (χ2v) is 14.8. The molecule has 0 rings (SSSR count). The molecule has 2 unspecified atom stereocenters. The molecule has 0 spiro atoms. The predicted octanol–water partition coefficient (Wildman–Crippen LogP) is 7.40. The smallest absolute Gasteiger partial charge is 0.305 e. The van der Waals surface area contributed by atoms with Gasteiger partial charge in [-0.2, -0.15) is 0 Å². The molecular formula is C26H48O4Si. The Morgan fingerprint density at radius 2 is 1.65 bits per heavy atom. The minimum atomic E-state index is -1.83. The van der Waals surface area contributed by atoms with Crippen molar-refractivity contribution in [3.05, 3.63) is 24.3 Å². The first kappa shape index (κ1) is 29.8. The highest BCUT2D eigenvalue weighted by molar-refractivity contribution is 6.74. The molecule has 4 nitrogen and oxygen atoms in total. The molecule has 0 saturated carbocycles. The molecule has 0 aliphatic rings. The molecule has 0 fully saturated rings. The molecule has 0 aromatic rings. The van der Waals surface area contributed by atoms with Gasteiger partial charge in [0, 0.05) is 12.3 Å². The molecule has 5 heteroatoms. The molecule has 0 aromatic carbocycles. The zero-order valence-corrected chi connectivity index (χ0v) is 22.5. The van der Waals surface area contributed by atoms with Crippen LogP contribution in [0.25, 0.3) is 0 Å². The summed E-state index contributed by atoms with van der Waals surface area (Å²) in [5.41, 5.74) is 0. The lowest BCUT2D eigenvalue weighted by molar-refractivity contribution is -0.140. The zero-order chi connectivity index (χ0) is 23.9. The fraction of sp³-hybridized carbons (Fsp3) is 0.769. The Morgan fingerprint density at radius 1 is 1.00 bits per heavy atom. The predicted molar refractivity (Wildman–Crippen MR) is 134 cm³/mol. The SMILES string of the molecule is CCCCCC(/C=C/CC(C/C=C\CCCC(=O)OC)C(C)=O)O[Si](C)(C)C(C)(C)C. The van der Waals surface area contributed by atoms with Crippen LogP contribution in [0.4, 0.5) is 0 Å². The highest BCUT2D eigenvalue weighted by Gasteiger charge is 2.38. The Balaban J connectivity index is 4.81. The maximum Gasteiger partial charge on any atom is 0.305 e. The van der Waals surface area contributed by atoms with Gasteiger partial charge in [-0.05, 0) is 57.2 Å². The van der Waals surface area contributed by atoms with Gasteiger partial charge in [0.1, 0.15) is 5.78 Å². The van der Waals surface area contributed by atoms with Gasteiger partial charge in [-0.3, -0.25) is 9.59 Å². The third kappa shape index (κ3) is 13.7. The summed E-state index contributed by atoms with van der Waals surface area (Å²) in [6.45, 7) is 15.3. The van der Waals surface area contributed by atoms with Crippen molar-refractivity contribution in [1.82, 2.24) is 0 Å². The fourth-order valence-corrected chi connectivity index (χ4v) is 4.32. The third-order valence-electron chi connectivity index (χ3n) is 6.26. The Labute approximate surface area is 193 Å². The standard InChI is InChI=1S/C26H48O4Si/c1-9-10-13-19-24(30-31(7,8)26(3,4)5)20-16-18-23(22(2)27)17-14-11-12-15-21-25(28)29-6/h11,14,16,20,23-24H,9-10,12-13,15,17-19,21H2,1-8H3/b14-11-,20-16+. The first-order valence-corrected chi connectivity index (χ1v) is 14.9. The van der Waals surface area contributed by atoms with Crippen LogP contribution < -0.4 is 0 Å². The summed E-state index contributed by atoms with van der Waals surface area (Å²) < 4.78 is 11.3. The van der Waals surface area contributed by atoms with E-state index in [1.165, 1.54) is 26.4 Å². The van der Waals surface area contributed by atoms with E-state index in [4.69, 9.17) is 4.43 Å². The van der Waals surface area contributed by atoms with E-state index in [0.717, 1.165) is 32.1 Å². The molecule has 0 aliphatic heterocycles. The number of ketones is 1. The highest BCUT2D eigenvalue weighted by Crippen LogP contribution is 2.38. The molecule has 0 amide bonds. The Kier molecular flexibility index (Phi) is 15.0. The summed E-state index contributed by atoms with van der Waals surface area (Å²) >= 11 is 0. The number of esters is 1. The number of Topliss-reactive ketones (excluding diaryl/α,β-unsaturated/α-hetero) is 1. The van der Waals surface area contributed by atoms with E-state index in [1.807, 2.05) is 0 Å². The number of carbonyl (C=O) groups is 2. The maximum absolute atomic E-state index is 12.1. The van der Waals surface area contributed by atoms with Gasteiger partial charge >= 0.3 is 5.97 Å². The lowest BCUT2D eigenvalue weighted by Gasteiger charge is -2.38. The Bertz CT molecular complexity index is 572. The second-order valence-electron chi connectivity index (χ2n) is 10.1. The summed E-state index contributed by atoms with van der Waals surface area (Å²) in [6, 6.07) is 0. The van der Waals surface area contributed by atoms with Crippen molar-refractivity contribution in [3.8, 4) is 0 Å². The normalized spacial score (nSPS) is 14.8. The van der Waals surface area contributed by atoms with Gasteiger partial charge < -0.3 is 9.16 Å². The van der Waals surface area contributed by atoms with Gasteiger partial charge in [0.15, 0.2) is 8.32 Å². The van der Waals surface area contributed by atoms with Gasteiger partial charge in [-0.25, -0.2) is 0 Å². The van der Waals surface area contributed by atoms with Crippen LogP contribution in [0.15, 0.2) is 24.3 Å². The van der Waals surface area contributed by atoms with Crippen LogP contribution in [-0.2, 0) is 18.8 Å². The molecule has 0 aliphatic carbocycles. The molecular weight excluding hydrogens is 404 g/mol. The van der Waals surface area contributed by atoms with Gasteiger partial charge in [0.05, 0.1) is 13.2 Å². The van der Waals surface area contributed by atoms with E-state index in [-0.39, 0.29) is 28.8 Å². The molecule has 0 N–H and O–H groups in total. The fourth-order valence-electron chi connectivity index (χ4n) is 3.01. The average Bonchev–Trinajstić information content (AvgIpc) is 2.67. The molecule has 31 heavy (non-hydrogen) atoms. The third-order valence-corrected chi connectivity index (χ3v) is 10.8. The van der Waals surface area contributed by atoms with Gasteiger partial charge in [0.2, 0.25) is 0 Å². The summed E-state index contributed by atoms with van der Waals surface area (Å²) in [4.78, 5) is 23.2. The Morgan fingerprint density at radius 3 is 2.19 bits per heavy atom. The number of methoxy groups -OCH3 is 1. The number of hydrogen-bond acceptors (Lipinski definition) is 4. The van der Waals surface area contributed by atoms with E-state index in [0.29, 0.717) is 6.42 Å². The van der Waals surface area contributed by atoms with Crippen LogP contribution in [0.3, 0.4) is 0 Å². The van der Waals surface area contributed by atoms with E-state index in [1.54, 1.807) is 6.92 Å². The largest absolute Gasteiger partial charge is 0.469 e. The van der Waals surface area contributed by atoms with Crippen LogP contribution in [0.5, 0.6) is 0 Å². The van der Waals surface area contributed by atoms with Gasteiger partial charge in [-0.1, -0.05) is 71.3 Å². The van der Waals surface area contributed by atoms with E-state index < -0.39 is 8.32 Å². The summed E-state index contributed by atoms with van der Waals surface area (Å²) in [5.74, 6) is 0.0440. The molecule has 0 saturated heterocycles.